The molecule has 2 aromatic carbocycles. The van der Waals surface area contributed by atoms with Gasteiger partial charge in [-0.1, -0.05) is 35.9 Å². The average molecular weight is 360 g/mol. The summed E-state index contributed by atoms with van der Waals surface area (Å²) in [5.41, 5.74) is 3.29. The Labute approximate surface area is 157 Å². The molecule has 1 aromatic heterocycles. The van der Waals surface area contributed by atoms with E-state index in [1.54, 1.807) is 36.4 Å². The van der Waals surface area contributed by atoms with Crippen LogP contribution in [0.3, 0.4) is 0 Å². The number of hydrogen-bond acceptors (Lipinski definition) is 3. The zero-order valence-electron chi connectivity index (χ0n) is 15.2. The highest BCUT2D eigenvalue weighted by molar-refractivity contribution is 6.10. The lowest BCUT2D eigenvalue weighted by atomic mass is 10.1. The molecule has 0 fully saturated rings. The minimum Gasteiger partial charge on any atom is -0.465 e. The summed E-state index contributed by atoms with van der Waals surface area (Å²) < 4.78 is 5.28. The number of amides is 2. The van der Waals surface area contributed by atoms with Gasteiger partial charge in [-0.25, -0.2) is 0 Å². The second-order valence-electron chi connectivity index (χ2n) is 6.17. The summed E-state index contributed by atoms with van der Waals surface area (Å²) >= 11 is 0. The van der Waals surface area contributed by atoms with Crippen LogP contribution >= 0.6 is 0 Å². The molecule has 0 aliphatic carbocycles. The van der Waals surface area contributed by atoms with Crippen LogP contribution < -0.4 is 10.6 Å². The summed E-state index contributed by atoms with van der Waals surface area (Å²) in [5.74, 6) is -0.332. The zero-order chi connectivity index (χ0) is 19.2. The summed E-state index contributed by atoms with van der Waals surface area (Å²) in [6.07, 6.45) is 3.00. The highest BCUT2D eigenvalue weighted by Crippen LogP contribution is 2.17. The maximum absolute atomic E-state index is 12.8. The lowest BCUT2D eigenvalue weighted by Gasteiger charge is -2.12. The van der Waals surface area contributed by atoms with Crippen molar-refractivity contribution in [2.24, 2.45) is 0 Å². The largest absolute Gasteiger partial charge is 0.465 e. The van der Waals surface area contributed by atoms with Gasteiger partial charge in [0.1, 0.15) is 11.5 Å². The van der Waals surface area contributed by atoms with E-state index in [0.717, 1.165) is 11.1 Å². The van der Waals surface area contributed by atoms with E-state index in [2.05, 4.69) is 10.6 Å². The van der Waals surface area contributed by atoms with Crippen LogP contribution in [0.5, 0.6) is 0 Å². The Hall–Kier alpha value is -3.60. The van der Waals surface area contributed by atoms with E-state index < -0.39 is 5.91 Å². The second-order valence-corrected chi connectivity index (χ2v) is 6.17. The topological polar surface area (TPSA) is 71.3 Å². The van der Waals surface area contributed by atoms with Crippen LogP contribution in [-0.2, 0) is 4.79 Å². The molecular formula is C22H20N2O3. The van der Waals surface area contributed by atoms with Gasteiger partial charge in [-0.15, -0.1) is 0 Å². The lowest BCUT2D eigenvalue weighted by molar-refractivity contribution is -0.113. The van der Waals surface area contributed by atoms with Crippen molar-refractivity contribution in [2.45, 2.75) is 13.8 Å². The normalized spacial score (nSPS) is 11.1. The monoisotopic (exact) mass is 360 g/mol. The maximum Gasteiger partial charge on any atom is 0.272 e. The van der Waals surface area contributed by atoms with Crippen molar-refractivity contribution in [3.63, 3.8) is 0 Å². The highest BCUT2D eigenvalue weighted by atomic mass is 16.3. The minimum atomic E-state index is -0.428. The standard InChI is InChI=1S/C22H20N2O3/c1-15-10-11-19(16(2)13-15)23-22(26)20(14-18-9-6-12-27-18)24-21(25)17-7-4-3-5-8-17/h3-14H,1-2H3,(H,23,26)(H,24,25)/b20-14-. The molecule has 0 spiro atoms. The van der Waals surface area contributed by atoms with Crippen molar-refractivity contribution in [3.05, 3.63) is 95.1 Å². The zero-order valence-corrected chi connectivity index (χ0v) is 15.2. The van der Waals surface area contributed by atoms with Gasteiger partial charge in [0.25, 0.3) is 11.8 Å². The molecular weight excluding hydrogens is 340 g/mol. The first-order valence-corrected chi connectivity index (χ1v) is 8.53. The molecule has 0 bridgehead atoms. The molecule has 0 aliphatic heterocycles. The number of rotatable bonds is 5. The second kappa shape index (κ2) is 8.19. The fourth-order valence-electron chi connectivity index (χ4n) is 2.60. The first-order chi connectivity index (χ1) is 13.0. The quantitative estimate of drug-likeness (QED) is 0.666. The van der Waals surface area contributed by atoms with Gasteiger partial charge in [0.15, 0.2) is 0 Å². The molecule has 0 aliphatic rings. The number of hydrogen-bond donors (Lipinski definition) is 2. The van der Waals surface area contributed by atoms with Crippen LogP contribution in [0.25, 0.3) is 6.08 Å². The van der Waals surface area contributed by atoms with Gasteiger partial charge in [-0.05, 0) is 49.7 Å². The Bertz CT molecular complexity index is 974. The van der Waals surface area contributed by atoms with Crippen LogP contribution in [0.15, 0.2) is 77.0 Å². The van der Waals surface area contributed by atoms with E-state index in [4.69, 9.17) is 4.42 Å². The third-order valence-electron chi connectivity index (χ3n) is 3.99. The lowest BCUT2D eigenvalue weighted by Crippen LogP contribution is -2.30. The maximum atomic E-state index is 12.8. The van der Waals surface area contributed by atoms with Gasteiger partial charge < -0.3 is 15.1 Å². The number of nitrogens with one attached hydrogen (secondary N) is 2. The van der Waals surface area contributed by atoms with Crippen LogP contribution in [0, 0.1) is 13.8 Å². The minimum absolute atomic E-state index is 0.0961. The fraction of sp³-hybridized carbons (Fsp3) is 0.0909. The molecule has 3 aromatic rings. The number of benzene rings is 2. The molecule has 5 nitrogen and oxygen atoms in total. The number of carbonyl (C=O) groups is 2. The summed E-state index contributed by atoms with van der Waals surface area (Å²) in [6.45, 7) is 3.90. The van der Waals surface area contributed by atoms with Crippen LogP contribution in [0.4, 0.5) is 5.69 Å². The molecule has 0 radical (unpaired) electrons. The van der Waals surface area contributed by atoms with E-state index in [0.29, 0.717) is 17.0 Å². The summed E-state index contributed by atoms with van der Waals surface area (Å²) in [6, 6.07) is 17.9. The third kappa shape index (κ3) is 4.73. The average Bonchev–Trinajstić information content (AvgIpc) is 3.17. The first kappa shape index (κ1) is 18.2. The molecule has 0 saturated carbocycles. The van der Waals surface area contributed by atoms with Gasteiger partial charge in [0, 0.05) is 17.3 Å². The van der Waals surface area contributed by atoms with Gasteiger partial charge >= 0.3 is 0 Å². The number of furan rings is 1. The molecule has 0 unspecified atom stereocenters. The van der Waals surface area contributed by atoms with Crippen molar-refractivity contribution in [1.29, 1.82) is 0 Å². The Kier molecular flexibility index (Phi) is 5.52. The Morgan fingerprint density at radius 2 is 1.74 bits per heavy atom. The van der Waals surface area contributed by atoms with Crippen molar-refractivity contribution >= 4 is 23.6 Å². The molecule has 2 amide bonds. The Balaban J connectivity index is 1.85. The van der Waals surface area contributed by atoms with Crippen molar-refractivity contribution in [1.82, 2.24) is 5.32 Å². The molecule has 3 rings (SSSR count). The smallest absolute Gasteiger partial charge is 0.272 e. The number of aryl methyl sites for hydroxylation is 2. The fourth-order valence-corrected chi connectivity index (χ4v) is 2.60. The predicted octanol–water partition coefficient (Wildman–Crippen LogP) is 4.31. The SMILES string of the molecule is Cc1ccc(NC(=O)/C(=C/c2ccco2)NC(=O)c2ccccc2)c(C)c1. The van der Waals surface area contributed by atoms with Gasteiger partial charge in [-0.2, -0.15) is 0 Å². The number of anilines is 1. The summed E-state index contributed by atoms with van der Waals surface area (Å²) in [7, 11) is 0. The summed E-state index contributed by atoms with van der Waals surface area (Å²) in [5, 5.41) is 5.52. The molecule has 0 saturated heterocycles. The van der Waals surface area contributed by atoms with Gasteiger partial charge in [0.2, 0.25) is 0 Å². The van der Waals surface area contributed by atoms with Crippen LogP contribution in [0.1, 0.15) is 27.2 Å². The van der Waals surface area contributed by atoms with E-state index in [1.807, 2.05) is 38.1 Å². The van der Waals surface area contributed by atoms with E-state index in [9.17, 15) is 9.59 Å². The molecule has 136 valence electrons. The molecule has 2 N–H and O–H groups in total. The van der Waals surface area contributed by atoms with Crippen LogP contribution in [-0.4, -0.2) is 11.8 Å². The predicted molar refractivity (Wildman–Crippen MR) is 105 cm³/mol. The molecule has 5 heteroatoms. The molecule has 27 heavy (non-hydrogen) atoms. The summed E-state index contributed by atoms with van der Waals surface area (Å²) in [4.78, 5) is 25.3. The highest BCUT2D eigenvalue weighted by Gasteiger charge is 2.16. The Morgan fingerprint density at radius 1 is 0.963 bits per heavy atom. The third-order valence-corrected chi connectivity index (χ3v) is 3.99. The van der Waals surface area contributed by atoms with E-state index in [-0.39, 0.29) is 11.6 Å². The van der Waals surface area contributed by atoms with Gasteiger partial charge in [0.05, 0.1) is 6.26 Å². The van der Waals surface area contributed by atoms with Crippen molar-refractivity contribution in [3.8, 4) is 0 Å². The molecule has 1 heterocycles. The van der Waals surface area contributed by atoms with Gasteiger partial charge in [-0.3, -0.25) is 9.59 Å². The van der Waals surface area contributed by atoms with Crippen molar-refractivity contribution in [2.75, 3.05) is 5.32 Å². The Morgan fingerprint density at radius 3 is 2.41 bits per heavy atom. The van der Waals surface area contributed by atoms with E-state index in [1.165, 1.54) is 12.3 Å². The molecule has 0 atom stereocenters. The van der Waals surface area contributed by atoms with Crippen LogP contribution in [0.2, 0.25) is 0 Å². The van der Waals surface area contributed by atoms with E-state index >= 15 is 0 Å². The first-order valence-electron chi connectivity index (χ1n) is 8.53. The van der Waals surface area contributed by atoms with Crippen molar-refractivity contribution < 1.29 is 14.0 Å². The number of carbonyl (C=O) groups excluding carboxylic acids is 2.